The number of nitrogens with two attached hydrogens (primary N) is 1. The molecule has 34 heavy (non-hydrogen) atoms. The summed E-state index contributed by atoms with van der Waals surface area (Å²) in [6.45, 7) is -0.724. The number of anilines is 1. The quantitative estimate of drug-likeness (QED) is 0.340. The molecular weight excluding hydrogens is 473 g/mol. The topological polar surface area (TPSA) is 135 Å². The molecule has 4 unspecified atom stereocenters. The van der Waals surface area contributed by atoms with Gasteiger partial charge in [0.15, 0.2) is 17.9 Å². The van der Waals surface area contributed by atoms with E-state index in [2.05, 4.69) is 10.1 Å². The van der Waals surface area contributed by atoms with Crippen LogP contribution in [0.2, 0.25) is 0 Å². The average molecular weight is 494 g/mol. The van der Waals surface area contributed by atoms with E-state index in [1.165, 1.54) is 0 Å². The number of hydrogen-bond donors (Lipinski definition) is 2. The van der Waals surface area contributed by atoms with Crippen molar-refractivity contribution in [2.75, 3.05) is 18.9 Å². The summed E-state index contributed by atoms with van der Waals surface area (Å²) in [6.07, 6.45) is -3.15. The summed E-state index contributed by atoms with van der Waals surface area (Å²) < 4.78 is 58.9. The molecule has 180 valence electrons. The largest absolute Gasteiger partial charge is 0.459 e. The van der Waals surface area contributed by atoms with Crippen molar-refractivity contribution in [1.82, 2.24) is 14.6 Å². The maximum absolute atomic E-state index is 14.6. The summed E-state index contributed by atoms with van der Waals surface area (Å²) in [7, 11) is -4.09. The number of carbonyl (C=O) groups excluding carboxylic acids is 1. The summed E-state index contributed by atoms with van der Waals surface area (Å²) in [5.74, 6) is -1.35. The van der Waals surface area contributed by atoms with Gasteiger partial charge in [0.2, 0.25) is 0 Å². The lowest BCUT2D eigenvalue weighted by molar-refractivity contribution is -0.107. The minimum Gasteiger partial charge on any atom is -0.413 e. The van der Waals surface area contributed by atoms with Crippen LogP contribution in [0.25, 0.3) is 10.8 Å². The van der Waals surface area contributed by atoms with E-state index in [1.54, 1.807) is 24.3 Å². The maximum Gasteiger partial charge on any atom is 0.459 e. The van der Waals surface area contributed by atoms with Crippen LogP contribution in [0.4, 0.5) is 14.6 Å². The van der Waals surface area contributed by atoms with Crippen molar-refractivity contribution >= 4 is 30.6 Å². The first kappa shape index (κ1) is 24.0. The number of benzene rings is 2. The van der Waals surface area contributed by atoms with Crippen molar-refractivity contribution in [2.45, 2.75) is 24.9 Å². The van der Waals surface area contributed by atoms with Crippen LogP contribution < -0.4 is 21.0 Å². The molecule has 1 aliphatic heterocycles. The molecule has 1 fully saturated rings. The van der Waals surface area contributed by atoms with E-state index < -0.39 is 50.2 Å². The summed E-state index contributed by atoms with van der Waals surface area (Å²) in [5.41, 5.74) is 4.27. The highest BCUT2D eigenvalue weighted by atomic mass is 31.2. The number of ether oxygens (including phenoxy) is 1. The number of fused-ring (bicyclic) bond motifs is 1. The van der Waals surface area contributed by atoms with Gasteiger partial charge in [0.05, 0.1) is 25.5 Å². The number of nitrogens with zero attached hydrogens (tertiary/aromatic N) is 2. The van der Waals surface area contributed by atoms with Gasteiger partial charge in [0.1, 0.15) is 18.2 Å². The molecule has 1 saturated heterocycles. The lowest BCUT2D eigenvalue weighted by Gasteiger charge is -2.22. The summed E-state index contributed by atoms with van der Waals surface area (Å²) >= 11 is 0. The first-order valence-electron chi connectivity index (χ1n) is 10.2. The normalized spacial score (nSPS) is 21.9. The molecule has 0 radical (unpaired) electrons. The molecule has 4 atom stereocenters. The highest BCUT2D eigenvalue weighted by molar-refractivity contribution is 7.52. The van der Waals surface area contributed by atoms with Gasteiger partial charge in [-0.05, 0) is 11.5 Å². The zero-order chi connectivity index (χ0) is 24.3. The van der Waals surface area contributed by atoms with Crippen molar-refractivity contribution in [3.63, 3.8) is 0 Å². The number of hydrogen-bond acceptors (Lipinski definition) is 8. The smallest absolute Gasteiger partial charge is 0.413 e. The van der Waals surface area contributed by atoms with Crippen molar-refractivity contribution in [3.05, 3.63) is 65.0 Å². The first-order chi connectivity index (χ1) is 16.3. The third-order valence-corrected chi connectivity index (χ3v) is 6.60. The molecule has 0 bridgehead atoms. The molecule has 2 aromatic carbocycles. The van der Waals surface area contributed by atoms with E-state index in [9.17, 15) is 22.9 Å². The van der Waals surface area contributed by atoms with Crippen LogP contribution in [0.5, 0.6) is 5.75 Å². The molecule has 3 N–H and O–H groups in total. The molecule has 0 saturated carbocycles. The van der Waals surface area contributed by atoms with E-state index in [0.29, 0.717) is 22.4 Å². The van der Waals surface area contributed by atoms with Crippen molar-refractivity contribution < 1.29 is 31.9 Å². The molecule has 4 rings (SSSR count). The van der Waals surface area contributed by atoms with Crippen LogP contribution in [0.15, 0.2) is 53.5 Å². The molecule has 1 aromatic heterocycles. The Bertz CT molecular complexity index is 1300. The number of nitrogen functional groups attached to an aromatic ring is 1. The molecule has 0 amide bonds. The van der Waals surface area contributed by atoms with Gasteiger partial charge in [-0.25, -0.2) is 23.2 Å². The fourth-order valence-corrected chi connectivity index (χ4v) is 4.82. The van der Waals surface area contributed by atoms with Crippen molar-refractivity contribution in [3.8, 4) is 5.75 Å². The van der Waals surface area contributed by atoms with Gasteiger partial charge < -0.3 is 19.8 Å². The lowest BCUT2D eigenvalue weighted by atomic mass is 10.1. The van der Waals surface area contributed by atoms with E-state index in [0.717, 1.165) is 5.39 Å². The molecule has 0 spiro atoms. The molecular formula is C21H21F2N4O6P. The first-order valence-corrected chi connectivity index (χ1v) is 11.8. The zero-order valence-electron chi connectivity index (χ0n) is 17.7. The minimum atomic E-state index is -4.09. The number of aromatic nitrogens is 2. The second-order valence-electron chi connectivity index (χ2n) is 7.45. The standard InChI is InChI=1S/C21H21F2N4O6P/c22-16-10-14(32-20(16)27-11-17(23)19(24)26-21(27)29)12-31-34(30,25-8-9-28)33-18-7-3-5-13-4-1-2-6-15(13)18/h1-7,9,11,14,16,20H,8,10,12H2,(H,25,30)(H2,24,26,29). The summed E-state index contributed by atoms with van der Waals surface area (Å²) in [5, 5.41) is 3.92. The van der Waals surface area contributed by atoms with Crippen LogP contribution in [0.1, 0.15) is 12.6 Å². The van der Waals surface area contributed by atoms with Gasteiger partial charge >= 0.3 is 13.4 Å². The molecule has 1 aliphatic rings. The fraction of sp³-hybridized carbons (Fsp3) is 0.286. The van der Waals surface area contributed by atoms with Crippen LogP contribution in [0, 0.1) is 5.82 Å². The number of aldehydes is 1. The maximum atomic E-state index is 14.6. The average Bonchev–Trinajstić information content (AvgIpc) is 3.19. The third-order valence-electron chi connectivity index (χ3n) is 5.10. The third kappa shape index (κ3) is 5.15. The Hall–Kier alpha value is -3.18. The lowest BCUT2D eigenvalue weighted by Crippen LogP contribution is -2.31. The van der Waals surface area contributed by atoms with E-state index in [4.69, 9.17) is 19.5 Å². The number of halogens is 2. The van der Waals surface area contributed by atoms with Gasteiger partial charge in [0.25, 0.3) is 0 Å². The van der Waals surface area contributed by atoms with Gasteiger partial charge in [-0.1, -0.05) is 36.4 Å². The molecule has 3 aromatic rings. The van der Waals surface area contributed by atoms with Crippen molar-refractivity contribution in [1.29, 1.82) is 0 Å². The van der Waals surface area contributed by atoms with Crippen LogP contribution >= 0.6 is 7.75 Å². The Labute approximate surface area is 192 Å². The Morgan fingerprint density at radius 2 is 2.06 bits per heavy atom. The molecule has 0 aliphatic carbocycles. The van der Waals surface area contributed by atoms with Crippen LogP contribution in [0.3, 0.4) is 0 Å². The van der Waals surface area contributed by atoms with Gasteiger partial charge in [0, 0.05) is 11.8 Å². The van der Waals surface area contributed by atoms with Crippen molar-refractivity contribution in [2.24, 2.45) is 0 Å². The molecule has 2 heterocycles. The van der Waals surface area contributed by atoms with E-state index in [-0.39, 0.29) is 18.7 Å². The van der Waals surface area contributed by atoms with Gasteiger partial charge in [-0.15, -0.1) is 0 Å². The Morgan fingerprint density at radius 1 is 1.29 bits per heavy atom. The zero-order valence-corrected chi connectivity index (χ0v) is 18.6. The molecule has 13 heteroatoms. The SMILES string of the molecule is Nc1nc(=O)n(C2OC(COP(=O)(NCC=O)Oc3cccc4ccccc34)CC2F)cc1F. The Morgan fingerprint density at radius 3 is 2.85 bits per heavy atom. The Balaban J connectivity index is 1.49. The number of rotatable bonds is 9. The van der Waals surface area contributed by atoms with Gasteiger partial charge in [-0.2, -0.15) is 4.98 Å². The van der Waals surface area contributed by atoms with E-state index in [1.807, 2.05) is 18.2 Å². The Kier molecular flexibility index (Phi) is 7.03. The number of carbonyl (C=O) groups is 1. The van der Waals surface area contributed by atoms with E-state index >= 15 is 0 Å². The fourth-order valence-electron chi connectivity index (χ4n) is 3.53. The highest BCUT2D eigenvalue weighted by Crippen LogP contribution is 2.46. The second-order valence-corrected chi connectivity index (χ2v) is 9.21. The highest BCUT2D eigenvalue weighted by Gasteiger charge is 2.39. The van der Waals surface area contributed by atoms with Crippen LogP contribution in [-0.4, -0.2) is 41.3 Å². The van der Waals surface area contributed by atoms with Gasteiger partial charge in [-0.3, -0.25) is 9.09 Å². The predicted octanol–water partition coefficient (Wildman–Crippen LogP) is 2.74. The summed E-state index contributed by atoms with van der Waals surface area (Å²) in [6, 6.07) is 12.4. The summed E-state index contributed by atoms with van der Waals surface area (Å²) in [4.78, 5) is 26.1. The predicted molar refractivity (Wildman–Crippen MR) is 118 cm³/mol. The van der Waals surface area contributed by atoms with Crippen LogP contribution in [-0.2, 0) is 18.6 Å². The number of nitrogens with one attached hydrogen (secondary N) is 1. The molecule has 10 nitrogen and oxygen atoms in total. The second kappa shape index (κ2) is 9.98. The number of alkyl halides is 1. The minimum absolute atomic E-state index is 0.231. The monoisotopic (exact) mass is 494 g/mol.